The van der Waals surface area contributed by atoms with Crippen LogP contribution in [0.1, 0.15) is 0 Å². The van der Waals surface area contributed by atoms with Crippen molar-refractivity contribution in [2.45, 2.75) is 6.54 Å². The van der Waals surface area contributed by atoms with Crippen LogP contribution in [0, 0.1) is 0 Å². The quantitative estimate of drug-likeness (QED) is 0.835. The van der Waals surface area contributed by atoms with Crippen LogP contribution in [0.25, 0.3) is 0 Å². The van der Waals surface area contributed by atoms with Gasteiger partial charge in [-0.15, -0.1) is 0 Å². The Morgan fingerprint density at radius 2 is 2.29 bits per heavy atom. The van der Waals surface area contributed by atoms with Crippen molar-refractivity contribution in [2.75, 3.05) is 11.1 Å². The molecular weight excluding hydrogens is 286 g/mol. The van der Waals surface area contributed by atoms with Crippen LogP contribution in [-0.2, 0) is 11.3 Å². The van der Waals surface area contributed by atoms with E-state index in [-0.39, 0.29) is 12.5 Å². The van der Waals surface area contributed by atoms with Crippen molar-refractivity contribution in [3.8, 4) is 0 Å². The Kier molecular flexibility index (Phi) is 3.38. The molecule has 0 saturated heterocycles. The minimum Gasteiger partial charge on any atom is -0.396 e. The van der Waals surface area contributed by atoms with Crippen molar-refractivity contribution < 1.29 is 4.79 Å². The molecule has 0 atom stereocenters. The third-order valence-electron chi connectivity index (χ3n) is 1.97. The summed E-state index contributed by atoms with van der Waals surface area (Å²) in [5.74, 6) is -0.183. The van der Waals surface area contributed by atoms with Crippen LogP contribution in [0.4, 0.5) is 11.4 Å². The maximum Gasteiger partial charge on any atom is 0.246 e. The third-order valence-corrected chi connectivity index (χ3v) is 2.44. The summed E-state index contributed by atoms with van der Waals surface area (Å²) in [5, 5.41) is 6.62. The number of carbonyl (C=O) groups excluding carboxylic acids is 1. The van der Waals surface area contributed by atoms with Crippen LogP contribution in [0.2, 0.25) is 0 Å². The number of aromatic nitrogens is 3. The van der Waals surface area contributed by atoms with E-state index in [1.54, 1.807) is 24.5 Å². The fourth-order valence-electron chi connectivity index (χ4n) is 1.26. The highest BCUT2D eigenvalue weighted by atomic mass is 79.9. The Balaban J connectivity index is 1.95. The van der Waals surface area contributed by atoms with Gasteiger partial charge in [0.2, 0.25) is 5.91 Å². The zero-order valence-corrected chi connectivity index (χ0v) is 10.4. The van der Waals surface area contributed by atoms with E-state index in [2.05, 4.69) is 31.3 Å². The Morgan fingerprint density at radius 3 is 2.88 bits per heavy atom. The van der Waals surface area contributed by atoms with E-state index < -0.39 is 0 Å². The first-order chi connectivity index (χ1) is 8.13. The van der Waals surface area contributed by atoms with Crippen LogP contribution in [-0.4, -0.2) is 20.7 Å². The standard InChI is InChI=1S/C10H10BrN5O/c11-9-2-1-8(4-13-9)15-10(17)6-16-5-7(12)3-14-16/h1-5H,6,12H2,(H,15,17). The number of rotatable bonds is 3. The number of anilines is 2. The average molecular weight is 296 g/mol. The Labute approximate surface area is 106 Å². The van der Waals surface area contributed by atoms with E-state index in [9.17, 15) is 4.79 Å². The molecule has 88 valence electrons. The largest absolute Gasteiger partial charge is 0.396 e. The van der Waals surface area contributed by atoms with Crippen LogP contribution in [0.15, 0.2) is 35.3 Å². The number of carbonyl (C=O) groups is 1. The molecule has 0 aliphatic rings. The van der Waals surface area contributed by atoms with Crippen LogP contribution >= 0.6 is 15.9 Å². The normalized spacial score (nSPS) is 10.2. The summed E-state index contributed by atoms with van der Waals surface area (Å²) in [6.45, 7) is 0.118. The second-order valence-electron chi connectivity index (χ2n) is 3.39. The van der Waals surface area contributed by atoms with Gasteiger partial charge >= 0.3 is 0 Å². The summed E-state index contributed by atoms with van der Waals surface area (Å²) >= 11 is 3.22. The van der Waals surface area contributed by atoms with Crippen molar-refractivity contribution in [3.05, 3.63) is 35.3 Å². The lowest BCUT2D eigenvalue weighted by Crippen LogP contribution is -2.19. The van der Waals surface area contributed by atoms with Gasteiger partial charge < -0.3 is 11.1 Å². The highest BCUT2D eigenvalue weighted by Crippen LogP contribution is 2.10. The first kappa shape index (κ1) is 11.6. The number of pyridine rings is 1. The lowest BCUT2D eigenvalue weighted by atomic mass is 10.4. The predicted molar refractivity (Wildman–Crippen MR) is 67.2 cm³/mol. The molecule has 0 aliphatic carbocycles. The van der Waals surface area contributed by atoms with E-state index >= 15 is 0 Å². The van der Waals surface area contributed by atoms with E-state index in [0.717, 1.165) is 4.60 Å². The maximum absolute atomic E-state index is 11.6. The number of nitrogen functional groups attached to an aromatic ring is 1. The molecule has 0 saturated carbocycles. The molecule has 2 aromatic heterocycles. The van der Waals surface area contributed by atoms with Gasteiger partial charge in [0, 0.05) is 6.20 Å². The summed E-state index contributed by atoms with van der Waals surface area (Å²) in [5.41, 5.74) is 6.66. The Hall–Kier alpha value is -1.89. The van der Waals surface area contributed by atoms with E-state index in [4.69, 9.17) is 5.73 Å². The Morgan fingerprint density at radius 1 is 1.47 bits per heavy atom. The summed E-state index contributed by atoms with van der Waals surface area (Å²) in [7, 11) is 0. The monoisotopic (exact) mass is 295 g/mol. The predicted octanol–water partition coefficient (Wildman–Crippen LogP) is 1.26. The highest BCUT2D eigenvalue weighted by molar-refractivity contribution is 9.10. The smallest absolute Gasteiger partial charge is 0.246 e. The number of nitrogens with one attached hydrogen (secondary N) is 1. The third kappa shape index (κ3) is 3.28. The van der Waals surface area contributed by atoms with Crippen molar-refractivity contribution in [1.29, 1.82) is 0 Å². The number of nitrogens with two attached hydrogens (primary N) is 1. The molecule has 0 aliphatic heterocycles. The van der Waals surface area contributed by atoms with Gasteiger partial charge in [-0.3, -0.25) is 9.48 Å². The minimum absolute atomic E-state index is 0.118. The van der Waals surface area contributed by atoms with Gasteiger partial charge in [-0.05, 0) is 28.1 Å². The molecule has 0 radical (unpaired) electrons. The fraction of sp³-hybridized carbons (Fsp3) is 0.100. The molecule has 0 unspecified atom stereocenters. The number of hydrogen-bond acceptors (Lipinski definition) is 4. The molecule has 0 aromatic carbocycles. The molecule has 2 heterocycles. The molecule has 3 N–H and O–H groups in total. The van der Waals surface area contributed by atoms with E-state index in [1.165, 1.54) is 10.9 Å². The molecule has 6 nitrogen and oxygen atoms in total. The van der Waals surface area contributed by atoms with Gasteiger partial charge in [0.05, 0.1) is 23.8 Å². The van der Waals surface area contributed by atoms with Crippen LogP contribution < -0.4 is 11.1 Å². The number of hydrogen-bond donors (Lipinski definition) is 2. The summed E-state index contributed by atoms with van der Waals surface area (Å²) in [6.07, 6.45) is 4.66. The first-order valence-corrected chi connectivity index (χ1v) is 5.62. The number of halogens is 1. The van der Waals surface area contributed by atoms with Gasteiger partial charge in [-0.2, -0.15) is 5.10 Å². The van der Waals surface area contributed by atoms with Crippen LogP contribution in [0.5, 0.6) is 0 Å². The van der Waals surface area contributed by atoms with Gasteiger partial charge in [-0.1, -0.05) is 0 Å². The molecule has 2 aromatic rings. The van der Waals surface area contributed by atoms with Crippen molar-refractivity contribution in [1.82, 2.24) is 14.8 Å². The molecule has 0 fully saturated rings. The number of nitrogens with zero attached hydrogens (tertiary/aromatic N) is 3. The van der Waals surface area contributed by atoms with Crippen molar-refractivity contribution in [3.63, 3.8) is 0 Å². The topological polar surface area (TPSA) is 85.8 Å². The van der Waals surface area contributed by atoms with Crippen LogP contribution in [0.3, 0.4) is 0 Å². The second kappa shape index (κ2) is 4.96. The molecule has 1 amide bonds. The van der Waals surface area contributed by atoms with Crippen molar-refractivity contribution >= 4 is 33.2 Å². The van der Waals surface area contributed by atoms with E-state index in [1.807, 2.05) is 0 Å². The lowest BCUT2D eigenvalue weighted by molar-refractivity contribution is -0.116. The average Bonchev–Trinajstić information content (AvgIpc) is 2.67. The summed E-state index contributed by atoms with van der Waals surface area (Å²) in [4.78, 5) is 15.6. The van der Waals surface area contributed by atoms with Crippen molar-refractivity contribution in [2.24, 2.45) is 0 Å². The number of amides is 1. The Bertz CT molecular complexity index is 522. The highest BCUT2D eigenvalue weighted by Gasteiger charge is 2.04. The zero-order chi connectivity index (χ0) is 12.3. The second-order valence-corrected chi connectivity index (χ2v) is 4.20. The van der Waals surface area contributed by atoms with E-state index in [0.29, 0.717) is 11.4 Å². The SMILES string of the molecule is Nc1cnn(CC(=O)Nc2ccc(Br)nc2)c1. The molecule has 2 rings (SSSR count). The molecule has 17 heavy (non-hydrogen) atoms. The zero-order valence-electron chi connectivity index (χ0n) is 8.80. The summed E-state index contributed by atoms with van der Waals surface area (Å²) in [6, 6.07) is 3.51. The van der Waals surface area contributed by atoms with Gasteiger partial charge in [0.15, 0.2) is 0 Å². The fourth-order valence-corrected chi connectivity index (χ4v) is 1.50. The maximum atomic E-state index is 11.6. The molecule has 0 bridgehead atoms. The molecular formula is C10H10BrN5O. The first-order valence-electron chi connectivity index (χ1n) is 4.83. The van der Waals surface area contributed by atoms with Gasteiger partial charge in [-0.25, -0.2) is 4.98 Å². The van der Waals surface area contributed by atoms with Gasteiger partial charge in [0.25, 0.3) is 0 Å². The minimum atomic E-state index is -0.183. The lowest BCUT2D eigenvalue weighted by Gasteiger charge is -2.04. The van der Waals surface area contributed by atoms with Gasteiger partial charge in [0.1, 0.15) is 11.1 Å². The summed E-state index contributed by atoms with van der Waals surface area (Å²) < 4.78 is 2.19. The molecule has 7 heteroatoms. The molecule has 0 spiro atoms.